The average Bonchev–Trinajstić information content (AvgIpc) is 2.04. The van der Waals surface area contributed by atoms with Crippen molar-refractivity contribution in [1.82, 2.24) is 10.6 Å². The molecular weight excluding hydrogens is 162 g/mol. The summed E-state index contributed by atoms with van der Waals surface area (Å²) in [6.45, 7) is 1.42. The van der Waals surface area contributed by atoms with E-state index in [4.69, 9.17) is 21.1 Å². The van der Waals surface area contributed by atoms with Crippen molar-refractivity contribution in [3.8, 4) is 0 Å². The lowest BCUT2D eigenvalue weighted by molar-refractivity contribution is -0.208. The maximum atomic E-state index is 8.82. The van der Waals surface area contributed by atoms with Gasteiger partial charge in [0.15, 0.2) is 0 Å². The Kier molecular flexibility index (Phi) is 6.17. The van der Waals surface area contributed by atoms with E-state index in [2.05, 4.69) is 10.6 Å². The van der Waals surface area contributed by atoms with Gasteiger partial charge in [-0.15, -0.1) is 0 Å². The maximum absolute atomic E-state index is 8.82. The largest absolute Gasteiger partial charge is 0.389 e. The van der Waals surface area contributed by atoms with Crippen LogP contribution in [0.5, 0.6) is 0 Å². The Bertz CT molecular complexity index is 110. The van der Waals surface area contributed by atoms with Gasteiger partial charge in [0.05, 0.1) is 0 Å². The molecule has 0 heterocycles. The molecule has 0 aromatic heterocycles. The molecule has 74 valence electrons. The van der Waals surface area contributed by atoms with Crippen LogP contribution in [0.1, 0.15) is 0 Å². The lowest BCUT2D eigenvalue weighted by atomic mass is 10.4. The molecule has 0 unspecified atom stereocenters. The zero-order valence-electron chi connectivity index (χ0n) is 6.95. The maximum Gasteiger partial charge on any atom is 0.246 e. The highest BCUT2D eigenvalue weighted by atomic mass is 16.5. The Hall–Kier alpha value is -0.240. The van der Waals surface area contributed by atoms with E-state index in [0.717, 1.165) is 0 Å². The van der Waals surface area contributed by atoms with Crippen molar-refractivity contribution in [3.63, 3.8) is 0 Å². The molecule has 7 N–H and O–H groups in total. The van der Waals surface area contributed by atoms with E-state index in [1.165, 1.54) is 0 Å². The van der Waals surface area contributed by atoms with E-state index < -0.39 is 12.5 Å². The van der Waals surface area contributed by atoms with E-state index in [1.54, 1.807) is 0 Å². The van der Waals surface area contributed by atoms with E-state index in [9.17, 15) is 0 Å². The number of aliphatic hydroxyl groups excluding tert-OH is 1. The first-order valence-electron chi connectivity index (χ1n) is 3.84. The van der Waals surface area contributed by atoms with Gasteiger partial charge in [0.25, 0.3) is 0 Å². The molecule has 0 rings (SSSR count). The zero-order chi connectivity index (χ0) is 9.45. The van der Waals surface area contributed by atoms with Crippen LogP contribution in [-0.2, 0) is 0 Å². The van der Waals surface area contributed by atoms with Crippen molar-refractivity contribution in [3.05, 3.63) is 0 Å². The molecule has 0 bridgehead atoms. The highest BCUT2D eigenvalue weighted by molar-refractivity contribution is 4.60. The number of aliphatic hydroxyl groups is 3. The summed E-state index contributed by atoms with van der Waals surface area (Å²) in [6, 6.07) is 0. The van der Waals surface area contributed by atoms with Gasteiger partial charge in [-0.3, -0.25) is 5.32 Å². The Labute approximate surface area is 71.4 Å². The molecule has 0 spiro atoms. The molecule has 6 nitrogen and oxygen atoms in total. The van der Waals surface area contributed by atoms with Crippen LogP contribution < -0.4 is 16.4 Å². The van der Waals surface area contributed by atoms with Gasteiger partial charge >= 0.3 is 0 Å². The third kappa shape index (κ3) is 6.47. The molecule has 0 aromatic rings. The van der Waals surface area contributed by atoms with Crippen LogP contribution in [0.25, 0.3) is 0 Å². The van der Waals surface area contributed by atoms with Gasteiger partial charge in [0, 0.05) is 26.2 Å². The molecule has 0 atom stereocenters. The SMILES string of the molecule is NCCNCCNC(O)(O)CO. The fraction of sp³-hybridized carbons (Fsp3) is 1.00. The Balaban J connectivity index is 3.19. The summed E-state index contributed by atoms with van der Waals surface area (Å²) < 4.78 is 0. The minimum atomic E-state index is -2.18. The van der Waals surface area contributed by atoms with Crippen molar-refractivity contribution < 1.29 is 15.3 Å². The number of nitrogens with two attached hydrogens (primary N) is 1. The molecule has 0 saturated carbocycles. The van der Waals surface area contributed by atoms with Gasteiger partial charge < -0.3 is 26.4 Å². The number of hydrogen-bond donors (Lipinski definition) is 6. The summed E-state index contributed by atoms with van der Waals surface area (Å²) >= 11 is 0. The van der Waals surface area contributed by atoms with Gasteiger partial charge in [0.1, 0.15) is 6.61 Å². The molecule has 6 heteroatoms. The summed E-state index contributed by atoms with van der Waals surface area (Å²) in [6.07, 6.45) is 0. The van der Waals surface area contributed by atoms with E-state index in [-0.39, 0.29) is 0 Å². The molecule has 0 fully saturated rings. The molecule has 12 heavy (non-hydrogen) atoms. The summed E-state index contributed by atoms with van der Waals surface area (Å²) in [4.78, 5) is 0. The smallest absolute Gasteiger partial charge is 0.246 e. The van der Waals surface area contributed by atoms with Crippen molar-refractivity contribution in [1.29, 1.82) is 0 Å². The van der Waals surface area contributed by atoms with Crippen LogP contribution >= 0.6 is 0 Å². The van der Waals surface area contributed by atoms with Crippen molar-refractivity contribution in [2.45, 2.75) is 5.91 Å². The minimum Gasteiger partial charge on any atom is -0.389 e. The number of hydrogen-bond acceptors (Lipinski definition) is 6. The second-order valence-electron chi connectivity index (χ2n) is 2.44. The van der Waals surface area contributed by atoms with Gasteiger partial charge in [-0.2, -0.15) is 0 Å². The molecule has 0 amide bonds. The highest BCUT2D eigenvalue weighted by Gasteiger charge is 2.19. The standard InChI is InChI=1S/C6H17N3O3/c7-1-2-8-3-4-9-6(11,12)5-10/h8-12H,1-5,7H2. The van der Waals surface area contributed by atoms with Gasteiger partial charge in [-0.1, -0.05) is 0 Å². The van der Waals surface area contributed by atoms with Crippen molar-refractivity contribution in [2.24, 2.45) is 5.73 Å². The quantitative estimate of drug-likeness (QED) is 0.181. The fourth-order valence-electron chi connectivity index (χ4n) is 0.634. The van der Waals surface area contributed by atoms with Crippen LogP contribution in [0, 0.1) is 0 Å². The lowest BCUT2D eigenvalue weighted by Crippen LogP contribution is -2.50. The summed E-state index contributed by atoms with van der Waals surface area (Å²) in [7, 11) is 0. The number of rotatable bonds is 7. The third-order valence-electron chi connectivity index (χ3n) is 1.25. The Morgan fingerprint density at radius 2 is 1.83 bits per heavy atom. The van der Waals surface area contributed by atoms with Gasteiger partial charge in [0.2, 0.25) is 5.91 Å². The highest BCUT2D eigenvalue weighted by Crippen LogP contribution is 1.88. The first-order chi connectivity index (χ1) is 5.62. The second-order valence-corrected chi connectivity index (χ2v) is 2.44. The summed E-state index contributed by atoms with van der Waals surface area (Å²) in [5, 5.41) is 31.3. The summed E-state index contributed by atoms with van der Waals surface area (Å²) in [5.41, 5.74) is 5.20. The van der Waals surface area contributed by atoms with E-state index in [0.29, 0.717) is 26.2 Å². The first-order valence-corrected chi connectivity index (χ1v) is 3.84. The lowest BCUT2D eigenvalue weighted by Gasteiger charge is -2.20. The van der Waals surface area contributed by atoms with Crippen molar-refractivity contribution >= 4 is 0 Å². The predicted octanol–water partition coefficient (Wildman–Crippen LogP) is -3.24. The summed E-state index contributed by atoms with van der Waals surface area (Å²) in [5.74, 6) is -2.18. The van der Waals surface area contributed by atoms with E-state index >= 15 is 0 Å². The minimum absolute atomic E-state index is 0.355. The monoisotopic (exact) mass is 179 g/mol. The molecule has 0 aliphatic carbocycles. The van der Waals surface area contributed by atoms with Crippen LogP contribution in [0.3, 0.4) is 0 Å². The van der Waals surface area contributed by atoms with Gasteiger partial charge in [-0.05, 0) is 0 Å². The van der Waals surface area contributed by atoms with E-state index in [1.807, 2.05) is 0 Å². The molecular formula is C6H17N3O3. The molecule has 0 aliphatic rings. The number of nitrogens with one attached hydrogen (secondary N) is 2. The molecule has 0 aromatic carbocycles. The molecule has 0 aliphatic heterocycles. The van der Waals surface area contributed by atoms with Gasteiger partial charge in [-0.25, -0.2) is 0 Å². The predicted molar refractivity (Wildman–Crippen MR) is 44.2 cm³/mol. The van der Waals surface area contributed by atoms with Crippen LogP contribution in [-0.4, -0.2) is 54.0 Å². The zero-order valence-corrected chi connectivity index (χ0v) is 6.95. The van der Waals surface area contributed by atoms with Crippen LogP contribution in [0.2, 0.25) is 0 Å². The first kappa shape index (κ1) is 11.8. The van der Waals surface area contributed by atoms with Crippen LogP contribution in [0.4, 0.5) is 0 Å². The topological polar surface area (TPSA) is 111 Å². The molecule has 0 saturated heterocycles. The second kappa shape index (κ2) is 6.30. The fourth-order valence-corrected chi connectivity index (χ4v) is 0.634. The molecule has 0 radical (unpaired) electrons. The normalized spacial score (nSPS) is 12.0. The Morgan fingerprint density at radius 3 is 2.33 bits per heavy atom. The third-order valence-corrected chi connectivity index (χ3v) is 1.25. The Morgan fingerprint density at radius 1 is 1.17 bits per heavy atom. The average molecular weight is 179 g/mol. The van der Waals surface area contributed by atoms with Crippen molar-refractivity contribution in [2.75, 3.05) is 32.8 Å². The van der Waals surface area contributed by atoms with Crippen LogP contribution in [0.15, 0.2) is 0 Å².